The Balaban J connectivity index is 1.36. The van der Waals surface area contributed by atoms with Crippen LogP contribution in [0.15, 0.2) is 91.0 Å². The smallest absolute Gasteiger partial charge is 0.117 e. The molecule has 3 heteroatoms. The standard InChI is InChI=1S/C28H33NO2/c30-27(23-11-4-1-5-12-23)17-10-20-29-21-18-26(19-22-29)28(31,24-13-6-2-7-14-24)25-15-8-3-9-16-25/h1-9,11-16,26-27,30-31H,10,17-22H2/t27-/m0/s1. The second-order valence-corrected chi connectivity index (χ2v) is 8.68. The zero-order chi connectivity index (χ0) is 21.5. The minimum Gasteiger partial charge on any atom is -0.388 e. The largest absolute Gasteiger partial charge is 0.388 e. The Bertz CT molecular complexity index is 866. The third-order valence-electron chi connectivity index (χ3n) is 6.74. The second kappa shape index (κ2) is 10.2. The lowest BCUT2D eigenvalue weighted by Crippen LogP contribution is -2.44. The number of hydrogen-bond acceptors (Lipinski definition) is 3. The van der Waals surface area contributed by atoms with E-state index in [-0.39, 0.29) is 12.0 Å². The van der Waals surface area contributed by atoms with E-state index in [0.29, 0.717) is 0 Å². The Kier molecular flexibility index (Phi) is 7.18. The van der Waals surface area contributed by atoms with Crippen LogP contribution < -0.4 is 0 Å². The highest BCUT2D eigenvalue weighted by molar-refractivity contribution is 5.37. The molecule has 0 aromatic heterocycles. The summed E-state index contributed by atoms with van der Waals surface area (Å²) in [6, 6.07) is 30.1. The highest BCUT2D eigenvalue weighted by atomic mass is 16.3. The van der Waals surface area contributed by atoms with Crippen molar-refractivity contribution >= 4 is 0 Å². The highest BCUT2D eigenvalue weighted by Gasteiger charge is 2.41. The molecule has 0 radical (unpaired) electrons. The number of aliphatic hydroxyl groups excluding tert-OH is 1. The molecular formula is C28H33NO2. The summed E-state index contributed by atoms with van der Waals surface area (Å²) < 4.78 is 0. The van der Waals surface area contributed by atoms with Crippen molar-refractivity contribution in [2.24, 2.45) is 5.92 Å². The van der Waals surface area contributed by atoms with Crippen molar-refractivity contribution in [2.75, 3.05) is 19.6 Å². The molecule has 0 unspecified atom stereocenters. The Morgan fingerprint density at radius 3 is 1.77 bits per heavy atom. The summed E-state index contributed by atoms with van der Waals surface area (Å²) in [7, 11) is 0. The summed E-state index contributed by atoms with van der Waals surface area (Å²) in [5.41, 5.74) is 1.99. The van der Waals surface area contributed by atoms with Crippen LogP contribution in [0.2, 0.25) is 0 Å². The van der Waals surface area contributed by atoms with Crippen LogP contribution in [-0.4, -0.2) is 34.7 Å². The Morgan fingerprint density at radius 1 is 0.774 bits per heavy atom. The van der Waals surface area contributed by atoms with Gasteiger partial charge in [-0.25, -0.2) is 0 Å². The van der Waals surface area contributed by atoms with Crippen molar-refractivity contribution in [3.8, 4) is 0 Å². The maximum atomic E-state index is 12.0. The topological polar surface area (TPSA) is 43.7 Å². The third kappa shape index (κ3) is 5.07. The van der Waals surface area contributed by atoms with Gasteiger partial charge in [-0.15, -0.1) is 0 Å². The zero-order valence-corrected chi connectivity index (χ0v) is 18.1. The van der Waals surface area contributed by atoms with Crippen LogP contribution in [0.3, 0.4) is 0 Å². The van der Waals surface area contributed by atoms with Crippen molar-refractivity contribution in [3.05, 3.63) is 108 Å². The fourth-order valence-corrected chi connectivity index (χ4v) is 4.95. The lowest BCUT2D eigenvalue weighted by Gasteiger charge is -2.42. The molecule has 4 rings (SSSR count). The minimum absolute atomic E-state index is 0.184. The van der Waals surface area contributed by atoms with Crippen molar-refractivity contribution < 1.29 is 10.2 Å². The molecule has 0 spiro atoms. The van der Waals surface area contributed by atoms with Gasteiger partial charge < -0.3 is 15.1 Å². The molecule has 3 aromatic rings. The number of likely N-dealkylation sites (tertiary alicyclic amines) is 1. The molecular weight excluding hydrogens is 382 g/mol. The monoisotopic (exact) mass is 415 g/mol. The molecule has 1 aliphatic heterocycles. The van der Waals surface area contributed by atoms with Gasteiger partial charge in [-0.1, -0.05) is 91.0 Å². The van der Waals surface area contributed by atoms with Crippen molar-refractivity contribution in [1.29, 1.82) is 0 Å². The van der Waals surface area contributed by atoms with E-state index in [2.05, 4.69) is 4.90 Å². The number of rotatable bonds is 8. The van der Waals surface area contributed by atoms with Crippen LogP contribution in [-0.2, 0) is 5.60 Å². The lowest BCUT2D eigenvalue weighted by molar-refractivity contribution is -0.0146. The molecule has 2 N–H and O–H groups in total. The highest BCUT2D eigenvalue weighted by Crippen LogP contribution is 2.41. The molecule has 1 fully saturated rings. The fourth-order valence-electron chi connectivity index (χ4n) is 4.95. The molecule has 0 aliphatic carbocycles. The van der Waals surface area contributed by atoms with Gasteiger partial charge in [-0.3, -0.25) is 0 Å². The van der Waals surface area contributed by atoms with Crippen molar-refractivity contribution in [1.82, 2.24) is 4.90 Å². The van der Waals surface area contributed by atoms with Crippen LogP contribution in [0.25, 0.3) is 0 Å². The first kappa shape index (κ1) is 21.8. The van der Waals surface area contributed by atoms with Gasteiger partial charge in [-0.05, 0) is 67.9 Å². The zero-order valence-electron chi connectivity index (χ0n) is 18.1. The van der Waals surface area contributed by atoms with Crippen LogP contribution in [0.5, 0.6) is 0 Å². The molecule has 0 amide bonds. The van der Waals surface area contributed by atoms with E-state index in [1.165, 1.54) is 0 Å². The Labute approximate surface area is 186 Å². The molecule has 162 valence electrons. The van der Waals surface area contributed by atoms with E-state index >= 15 is 0 Å². The molecule has 0 bridgehead atoms. The minimum atomic E-state index is -0.960. The average molecular weight is 416 g/mol. The molecule has 1 atom stereocenters. The maximum absolute atomic E-state index is 12.0. The second-order valence-electron chi connectivity index (χ2n) is 8.68. The van der Waals surface area contributed by atoms with E-state index in [0.717, 1.165) is 62.0 Å². The van der Waals surface area contributed by atoms with Gasteiger partial charge in [0.1, 0.15) is 5.60 Å². The van der Waals surface area contributed by atoms with E-state index in [1.807, 2.05) is 91.0 Å². The van der Waals surface area contributed by atoms with Gasteiger partial charge in [-0.2, -0.15) is 0 Å². The van der Waals surface area contributed by atoms with Gasteiger partial charge in [0.15, 0.2) is 0 Å². The summed E-state index contributed by atoms with van der Waals surface area (Å²) in [4.78, 5) is 2.48. The SMILES string of the molecule is O[C@@H](CCCN1CCC(C(O)(c2ccccc2)c2ccccc2)CC1)c1ccccc1. The third-order valence-corrected chi connectivity index (χ3v) is 6.74. The van der Waals surface area contributed by atoms with Crippen molar-refractivity contribution in [2.45, 2.75) is 37.4 Å². The van der Waals surface area contributed by atoms with Gasteiger partial charge >= 0.3 is 0 Å². The van der Waals surface area contributed by atoms with E-state index in [1.54, 1.807) is 0 Å². The summed E-state index contributed by atoms with van der Waals surface area (Å²) in [5.74, 6) is 0.184. The first-order valence-electron chi connectivity index (χ1n) is 11.5. The molecule has 31 heavy (non-hydrogen) atoms. The number of nitrogens with zero attached hydrogens (tertiary/aromatic N) is 1. The normalized spacial score (nSPS) is 16.8. The number of benzene rings is 3. The maximum Gasteiger partial charge on any atom is 0.117 e. The first-order chi connectivity index (χ1) is 15.2. The predicted molar refractivity (Wildman–Crippen MR) is 126 cm³/mol. The van der Waals surface area contributed by atoms with E-state index in [4.69, 9.17) is 0 Å². The van der Waals surface area contributed by atoms with E-state index in [9.17, 15) is 10.2 Å². The summed E-state index contributed by atoms with van der Waals surface area (Å²) >= 11 is 0. The number of hydrogen-bond donors (Lipinski definition) is 2. The average Bonchev–Trinajstić information content (AvgIpc) is 2.85. The molecule has 1 aliphatic rings. The molecule has 1 heterocycles. The molecule has 3 nitrogen and oxygen atoms in total. The van der Waals surface area contributed by atoms with Gasteiger partial charge in [0, 0.05) is 0 Å². The van der Waals surface area contributed by atoms with Crippen LogP contribution in [0.4, 0.5) is 0 Å². The predicted octanol–water partition coefficient (Wildman–Crippen LogP) is 5.15. The van der Waals surface area contributed by atoms with E-state index < -0.39 is 5.60 Å². The van der Waals surface area contributed by atoms with Crippen LogP contribution >= 0.6 is 0 Å². The number of piperidine rings is 1. The summed E-state index contributed by atoms with van der Waals surface area (Å²) in [6.45, 7) is 2.95. The van der Waals surface area contributed by atoms with Crippen LogP contribution in [0.1, 0.15) is 48.5 Å². The van der Waals surface area contributed by atoms with Gasteiger partial charge in [0.25, 0.3) is 0 Å². The first-order valence-corrected chi connectivity index (χ1v) is 11.5. The van der Waals surface area contributed by atoms with Crippen molar-refractivity contribution in [3.63, 3.8) is 0 Å². The quantitative estimate of drug-likeness (QED) is 0.535. The molecule has 3 aromatic carbocycles. The molecule has 1 saturated heterocycles. The summed E-state index contributed by atoms with van der Waals surface area (Å²) in [6.07, 6.45) is 3.29. The van der Waals surface area contributed by atoms with Crippen LogP contribution in [0, 0.1) is 5.92 Å². The summed E-state index contributed by atoms with van der Waals surface area (Å²) in [5, 5.41) is 22.4. The number of aliphatic hydroxyl groups is 2. The lowest BCUT2D eigenvalue weighted by atomic mass is 9.72. The fraction of sp³-hybridized carbons (Fsp3) is 0.357. The molecule has 0 saturated carbocycles. The van der Waals surface area contributed by atoms with Gasteiger partial charge in [0.05, 0.1) is 6.10 Å². The Hall–Kier alpha value is -2.46. The van der Waals surface area contributed by atoms with Gasteiger partial charge in [0.2, 0.25) is 0 Å². The Morgan fingerprint density at radius 2 is 1.26 bits per heavy atom.